The van der Waals surface area contributed by atoms with Gasteiger partial charge in [0.1, 0.15) is 23.4 Å². The van der Waals surface area contributed by atoms with Crippen LogP contribution in [0, 0.1) is 5.92 Å². The van der Waals surface area contributed by atoms with Gasteiger partial charge < -0.3 is 34.3 Å². The number of likely N-dealkylation sites (tertiary alicyclic amines) is 1. The van der Waals surface area contributed by atoms with Gasteiger partial charge in [0.15, 0.2) is 6.61 Å². The molecule has 1 saturated carbocycles. The van der Waals surface area contributed by atoms with Crippen LogP contribution in [0.2, 0.25) is 0 Å². The van der Waals surface area contributed by atoms with Crippen molar-refractivity contribution < 1.29 is 33.1 Å². The third-order valence-electron chi connectivity index (χ3n) is 7.60. The quantitative estimate of drug-likeness (QED) is 0.475. The highest BCUT2D eigenvalue weighted by molar-refractivity contribution is 5.96. The Labute approximate surface area is 243 Å². The first-order valence-electron chi connectivity index (χ1n) is 14.3. The molecule has 4 aliphatic rings. The van der Waals surface area contributed by atoms with Gasteiger partial charge in [0.05, 0.1) is 24.9 Å². The van der Waals surface area contributed by atoms with Crippen LogP contribution in [-0.4, -0.2) is 66.2 Å². The maximum Gasteiger partial charge on any atom is 0.292 e. The second kappa shape index (κ2) is 11.8. The first kappa shape index (κ1) is 27.6. The fraction of sp³-hybridized carbons (Fsp3) is 0.419. The number of nitrogens with one attached hydrogen (secondary N) is 2. The molecule has 2 N–H and O–H groups in total. The van der Waals surface area contributed by atoms with Crippen molar-refractivity contribution in [3.05, 3.63) is 71.1 Å². The third-order valence-corrected chi connectivity index (χ3v) is 7.60. The molecule has 1 aromatic heterocycles. The summed E-state index contributed by atoms with van der Waals surface area (Å²) in [4.78, 5) is 41.0. The van der Waals surface area contributed by atoms with E-state index in [4.69, 9.17) is 18.7 Å². The Hall–Kier alpha value is -4.54. The highest BCUT2D eigenvalue weighted by Gasteiger charge is 2.39. The molecule has 3 aliphatic heterocycles. The number of ether oxygens (including phenoxy) is 3. The fourth-order valence-corrected chi connectivity index (χ4v) is 4.90. The number of fused-ring (bicyclic) bond motifs is 7. The highest BCUT2D eigenvalue weighted by Crippen LogP contribution is 2.31. The molecule has 3 aromatic rings. The molecule has 0 unspecified atom stereocenters. The van der Waals surface area contributed by atoms with E-state index in [1.54, 1.807) is 41.3 Å². The molecule has 2 fully saturated rings. The van der Waals surface area contributed by atoms with E-state index in [1.165, 1.54) is 0 Å². The van der Waals surface area contributed by atoms with Crippen molar-refractivity contribution in [2.45, 2.75) is 51.3 Å². The van der Waals surface area contributed by atoms with Gasteiger partial charge in [-0.05, 0) is 54.5 Å². The predicted octanol–water partition coefficient (Wildman–Crippen LogP) is 3.30. The average molecular weight is 575 g/mol. The number of benzene rings is 2. The van der Waals surface area contributed by atoms with E-state index in [9.17, 15) is 14.4 Å². The molecule has 11 heteroatoms. The number of rotatable bonds is 5. The summed E-state index contributed by atoms with van der Waals surface area (Å²) < 4.78 is 23.4. The van der Waals surface area contributed by atoms with Crippen LogP contribution in [0.5, 0.6) is 17.2 Å². The number of hydrogen-bond donors (Lipinski definition) is 2. The molecule has 42 heavy (non-hydrogen) atoms. The molecular weight excluding hydrogens is 540 g/mol. The van der Waals surface area contributed by atoms with Gasteiger partial charge in [0.2, 0.25) is 5.76 Å². The van der Waals surface area contributed by atoms with Gasteiger partial charge in [0.25, 0.3) is 17.7 Å². The third kappa shape index (κ3) is 6.50. The fourth-order valence-electron chi connectivity index (χ4n) is 4.90. The molecule has 4 heterocycles. The molecule has 220 valence electrons. The predicted molar refractivity (Wildman–Crippen MR) is 151 cm³/mol. The summed E-state index contributed by atoms with van der Waals surface area (Å²) >= 11 is 0. The normalized spacial score (nSPS) is 20.7. The van der Waals surface area contributed by atoms with E-state index in [2.05, 4.69) is 15.8 Å². The Morgan fingerprint density at radius 1 is 1.07 bits per heavy atom. The van der Waals surface area contributed by atoms with Crippen LogP contribution in [0.15, 0.2) is 53.1 Å². The van der Waals surface area contributed by atoms with E-state index in [0.29, 0.717) is 47.6 Å². The number of aromatic nitrogens is 1. The van der Waals surface area contributed by atoms with Crippen LogP contribution in [0.1, 0.15) is 64.8 Å². The standard InChI is InChI=1S/C31H34N4O7/c1-18(2)25-12-27(42-34-25)31(38)35-14-26-28(15-35)41-22-7-5-19(6-8-22)13-32-29(36)17-40-24-10-21(30(37)33-26)9-23(11-24)39-16-20-3-4-20/h5-12,18,20,26,28H,3-4,13-17H2,1-2H3,(H,32,36)(H,33,37)/t26-,28-/m0/s1. The SMILES string of the molecule is CC(C)c1cc(C(=O)N2C[C@@H]3NC(=O)c4cc(cc(OCC5CC5)c4)OCC(=O)NCc4ccc(cc4)O[C@H]3C2)on1. The van der Waals surface area contributed by atoms with Crippen LogP contribution in [0.25, 0.3) is 0 Å². The zero-order valence-electron chi connectivity index (χ0n) is 23.6. The molecule has 7 rings (SSSR count). The van der Waals surface area contributed by atoms with E-state index < -0.39 is 12.1 Å². The summed E-state index contributed by atoms with van der Waals surface area (Å²) in [5.41, 5.74) is 1.89. The maximum atomic E-state index is 13.6. The van der Waals surface area contributed by atoms with E-state index in [0.717, 1.165) is 18.4 Å². The lowest BCUT2D eigenvalue weighted by atomic mass is 10.1. The van der Waals surface area contributed by atoms with Crippen molar-refractivity contribution in [2.75, 3.05) is 26.3 Å². The molecule has 0 radical (unpaired) electrons. The molecule has 2 atom stereocenters. The van der Waals surface area contributed by atoms with Gasteiger partial charge in [-0.15, -0.1) is 0 Å². The zero-order chi connectivity index (χ0) is 29.2. The van der Waals surface area contributed by atoms with Crippen LogP contribution in [0.3, 0.4) is 0 Å². The average Bonchev–Trinajstić information content (AvgIpc) is 3.53. The maximum absolute atomic E-state index is 13.6. The number of amides is 3. The molecule has 0 spiro atoms. The first-order chi connectivity index (χ1) is 20.3. The Morgan fingerprint density at radius 2 is 1.88 bits per heavy atom. The van der Waals surface area contributed by atoms with E-state index in [-0.39, 0.29) is 49.1 Å². The number of nitrogens with zero attached hydrogens (tertiary/aromatic N) is 2. The summed E-state index contributed by atoms with van der Waals surface area (Å²) in [5.74, 6) is 1.20. The number of carbonyl (C=O) groups excluding carboxylic acids is 3. The number of carbonyl (C=O) groups is 3. The minimum absolute atomic E-state index is 0.117. The Balaban J connectivity index is 1.27. The lowest BCUT2D eigenvalue weighted by molar-refractivity contribution is -0.123. The zero-order valence-corrected chi connectivity index (χ0v) is 23.6. The Kier molecular flexibility index (Phi) is 7.73. The second-order valence-corrected chi connectivity index (χ2v) is 11.4. The first-order valence-corrected chi connectivity index (χ1v) is 14.3. The monoisotopic (exact) mass is 574 g/mol. The van der Waals surface area contributed by atoms with Gasteiger partial charge >= 0.3 is 0 Å². The van der Waals surface area contributed by atoms with E-state index >= 15 is 0 Å². The smallest absolute Gasteiger partial charge is 0.292 e. The van der Waals surface area contributed by atoms with Gasteiger partial charge in [-0.3, -0.25) is 14.4 Å². The minimum Gasteiger partial charge on any atom is -0.493 e. The van der Waals surface area contributed by atoms with Gasteiger partial charge in [-0.1, -0.05) is 31.1 Å². The molecule has 1 saturated heterocycles. The summed E-state index contributed by atoms with van der Waals surface area (Å²) in [6, 6.07) is 13.4. The summed E-state index contributed by atoms with van der Waals surface area (Å²) in [5, 5.41) is 9.91. The van der Waals surface area contributed by atoms with Crippen molar-refractivity contribution in [2.24, 2.45) is 5.92 Å². The van der Waals surface area contributed by atoms with Crippen LogP contribution in [-0.2, 0) is 11.3 Å². The minimum atomic E-state index is -0.531. The Morgan fingerprint density at radius 3 is 2.62 bits per heavy atom. The van der Waals surface area contributed by atoms with Crippen molar-refractivity contribution in [3.63, 3.8) is 0 Å². The Bertz CT molecular complexity index is 1460. The largest absolute Gasteiger partial charge is 0.493 e. The molecule has 4 bridgehead atoms. The molecule has 11 nitrogen and oxygen atoms in total. The van der Waals surface area contributed by atoms with E-state index in [1.807, 2.05) is 26.0 Å². The molecular formula is C31H34N4O7. The van der Waals surface area contributed by atoms with Crippen molar-refractivity contribution in [1.82, 2.24) is 20.7 Å². The molecule has 1 aliphatic carbocycles. The summed E-state index contributed by atoms with van der Waals surface area (Å²) in [6.07, 6.45) is 1.71. The van der Waals surface area contributed by atoms with Gasteiger partial charge in [0, 0.05) is 30.8 Å². The number of hydrogen-bond acceptors (Lipinski definition) is 8. The van der Waals surface area contributed by atoms with Gasteiger partial charge in [-0.25, -0.2) is 0 Å². The molecule has 3 amide bonds. The molecule has 2 aromatic carbocycles. The highest BCUT2D eigenvalue weighted by atomic mass is 16.5. The summed E-state index contributed by atoms with van der Waals surface area (Å²) in [7, 11) is 0. The van der Waals surface area contributed by atoms with Crippen LogP contribution in [0.4, 0.5) is 0 Å². The van der Waals surface area contributed by atoms with Crippen LogP contribution < -0.4 is 24.8 Å². The lowest BCUT2D eigenvalue weighted by Gasteiger charge is -2.21. The van der Waals surface area contributed by atoms with Crippen molar-refractivity contribution >= 4 is 17.7 Å². The lowest BCUT2D eigenvalue weighted by Crippen LogP contribution is -2.45. The van der Waals surface area contributed by atoms with Crippen molar-refractivity contribution in [3.8, 4) is 17.2 Å². The second-order valence-electron chi connectivity index (χ2n) is 11.4. The van der Waals surface area contributed by atoms with Crippen molar-refractivity contribution in [1.29, 1.82) is 0 Å². The topological polar surface area (TPSA) is 132 Å². The van der Waals surface area contributed by atoms with Crippen LogP contribution >= 0.6 is 0 Å². The van der Waals surface area contributed by atoms with Gasteiger partial charge in [-0.2, -0.15) is 0 Å². The summed E-state index contributed by atoms with van der Waals surface area (Å²) in [6.45, 7) is 5.06.